The molecule has 1 spiro atoms. The Hall–Kier alpha value is -0.820. The van der Waals surface area contributed by atoms with E-state index in [9.17, 15) is 0 Å². The fourth-order valence-electron chi connectivity index (χ4n) is 4.69. The topological polar surface area (TPSA) is 59.6 Å². The maximum Gasteiger partial charge on any atom is 0.193 e. The Kier molecular flexibility index (Phi) is 5.12. The number of nitrogens with zero attached hydrogens (tertiary/aromatic N) is 1. The zero-order valence-corrected chi connectivity index (χ0v) is 16.8. The van der Waals surface area contributed by atoms with Gasteiger partial charge in [-0.2, -0.15) is 0 Å². The summed E-state index contributed by atoms with van der Waals surface area (Å²) in [6.45, 7) is 5.30. The molecule has 1 saturated heterocycles. The summed E-state index contributed by atoms with van der Waals surface area (Å²) in [7, 11) is 0. The number of fused-ring (bicyclic) bond motifs is 2. The summed E-state index contributed by atoms with van der Waals surface area (Å²) < 4.78 is 5.95. The standard InChI is InChI=1S/C19H27N3O.HI/c1-12(2)13-5-3-6-14(11-13)21-18(20)22-16-15-7-10-23-17(15)19(16)8-4-9-19;/h3,5-6,11-12,15-17H,4,7-10H2,1-2H3,(H3,20,21,22);1H. The summed E-state index contributed by atoms with van der Waals surface area (Å²) in [5, 5.41) is 3.29. The number of ether oxygens (including phenoxy) is 1. The Labute approximate surface area is 161 Å². The average molecular weight is 441 g/mol. The second-order valence-electron chi connectivity index (χ2n) is 7.69. The van der Waals surface area contributed by atoms with E-state index < -0.39 is 0 Å². The van der Waals surface area contributed by atoms with E-state index in [1.807, 2.05) is 0 Å². The van der Waals surface area contributed by atoms with E-state index in [1.54, 1.807) is 0 Å². The third kappa shape index (κ3) is 2.83. The summed E-state index contributed by atoms with van der Waals surface area (Å²) in [6.07, 6.45) is 5.39. The van der Waals surface area contributed by atoms with Gasteiger partial charge in [0.15, 0.2) is 5.96 Å². The van der Waals surface area contributed by atoms with Gasteiger partial charge < -0.3 is 15.8 Å². The molecule has 5 heteroatoms. The van der Waals surface area contributed by atoms with Gasteiger partial charge in [-0.3, -0.25) is 0 Å². The molecule has 3 atom stereocenters. The molecule has 1 aliphatic heterocycles. The van der Waals surface area contributed by atoms with Gasteiger partial charge in [0, 0.05) is 23.6 Å². The third-order valence-corrected chi connectivity index (χ3v) is 6.09. The quantitative estimate of drug-likeness (QED) is 0.422. The first kappa shape index (κ1) is 18.0. The molecule has 1 aromatic rings. The van der Waals surface area contributed by atoms with Gasteiger partial charge in [-0.15, -0.1) is 24.0 Å². The van der Waals surface area contributed by atoms with Gasteiger partial charge in [-0.1, -0.05) is 32.4 Å². The van der Waals surface area contributed by atoms with Crippen LogP contribution in [0.25, 0.3) is 0 Å². The highest BCUT2D eigenvalue weighted by molar-refractivity contribution is 14.0. The fraction of sp³-hybridized carbons (Fsp3) is 0.632. The Bertz CT molecular complexity index is 627. The van der Waals surface area contributed by atoms with E-state index in [1.165, 1.54) is 24.8 Å². The van der Waals surface area contributed by atoms with Crippen molar-refractivity contribution in [1.82, 2.24) is 0 Å². The number of halogens is 1. The van der Waals surface area contributed by atoms with Gasteiger partial charge >= 0.3 is 0 Å². The average Bonchev–Trinajstić information content (AvgIpc) is 2.89. The lowest BCUT2D eigenvalue weighted by atomic mass is 9.46. The number of hydrogen-bond acceptors (Lipinski definition) is 2. The summed E-state index contributed by atoms with van der Waals surface area (Å²) in [5.74, 6) is 1.64. The number of anilines is 1. The van der Waals surface area contributed by atoms with Crippen molar-refractivity contribution in [1.29, 1.82) is 0 Å². The van der Waals surface area contributed by atoms with Gasteiger partial charge in [-0.25, -0.2) is 4.99 Å². The van der Waals surface area contributed by atoms with Crippen LogP contribution in [0.1, 0.15) is 51.0 Å². The van der Waals surface area contributed by atoms with Gasteiger partial charge in [-0.05, 0) is 42.9 Å². The minimum absolute atomic E-state index is 0. The molecule has 0 radical (unpaired) electrons. The number of hydrogen-bond donors (Lipinski definition) is 2. The van der Waals surface area contributed by atoms with Crippen LogP contribution in [-0.4, -0.2) is 24.7 Å². The van der Waals surface area contributed by atoms with Gasteiger partial charge in [0.2, 0.25) is 0 Å². The van der Waals surface area contributed by atoms with Crippen LogP contribution in [0.5, 0.6) is 0 Å². The summed E-state index contributed by atoms with van der Waals surface area (Å²) in [6, 6.07) is 8.79. The fourth-order valence-corrected chi connectivity index (χ4v) is 4.69. The Morgan fingerprint density at radius 3 is 2.83 bits per heavy atom. The maximum atomic E-state index is 6.22. The molecule has 0 bridgehead atoms. The zero-order valence-electron chi connectivity index (χ0n) is 14.5. The molecule has 4 nitrogen and oxygen atoms in total. The largest absolute Gasteiger partial charge is 0.377 e. The SMILES string of the molecule is CC(C)c1cccc(NC(N)=NC2C3CCOC3C23CCC3)c1.I. The maximum absolute atomic E-state index is 6.22. The predicted octanol–water partition coefficient (Wildman–Crippen LogP) is 4.11. The van der Waals surface area contributed by atoms with Crippen LogP contribution in [0.4, 0.5) is 5.69 Å². The van der Waals surface area contributed by atoms with Crippen molar-refractivity contribution in [2.45, 2.75) is 57.6 Å². The van der Waals surface area contributed by atoms with E-state index in [0.29, 0.717) is 35.4 Å². The summed E-state index contributed by atoms with van der Waals surface area (Å²) >= 11 is 0. The van der Waals surface area contributed by atoms with Crippen molar-refractivity contribution in [3.8, 4) is 0 Å². The lowest BCUT2D eigenvalue weighted by Gasteiger charge is -2.61. The molecular formula is C19H28IN3O. The minimum Gasteiger partial charge on any atom is -0.377 e. The van der Waals surface area contributed by atoms with Crippen LogP contribution in [0.15, 0.2) is 29.3 Å². The van der Waals surface area contributed by atoms with E-state index in [4.69, 9.17) is 15.5 Å². The van der Waals surface area contributed by atoms with E-state index >= 15 is 0 Å². The molecular weight excluding hydrogens is 413 g/mol. The van der Waals surface area contributed by atoms with Gasteiger partial charge in [0.1, 0.15) is 0 Å². The molecule has 3 N–H and O–H groups in total. The zero-order chi connectivity index (χ0) is 16.0. The molecule has 0 amide bonds. The van der Waals surface area contributed by atoms with Crippen LogP contribution in [0.2, 0.25) is 0 Å². The van der Waals surface area contributed by atoms with Crippen molar-refractivity contribution >= 4 is 35.6 Å². The lowest BCUT2D eigenvalue weighted by molar-refractivity contribution is -0.164. The number of nitrogens with one attached hydrogen (secondary N) is 1. The molecule has 3 aliphatic rings. The summed E-state index contributed by atoms with van der Waals surface area (Å²) in [4.78, 5) is 4.87. The number of rotatable bonds is 3. The van der Waals surface area contributed by atoms with Gasteiger partial charge in [0.05, 0.1) is 12.1 Å². The Morgan fingerprint density at radius 1 is 1.38 bits per heavy atom. The molecule has 1 heterocycles. The molecule has 132 valence electrons. The first-order chi connectivity index (χ1) is 11.1. The second kappa shape index (κ2) is 6.83. The predicted molar refractivity (Wildman–Crippen MR) is 109 cm³/mol. The second-order valence-corrected chi connectivity index (χ2v) is 7.69. The highest BCUT2D eigenvalue weighted by Crippen LogP contribution is 2.64. The van der Waals surface area contributed by atoms with Crippen LogP contribution in [0, 0.1) is 11.3 Å². The highest BCUT2D eigenvalue weighted by Gasteiger charge is 2.66. The van der Waals surface area contributed by atoms with Crippen molar-refractivity contribution in [2.24, 2.45) is 22.1 Å². The number of nitrogens with two attached hydrogens (primary N) is 1. The molecule has 2 aliphatic carbocycles. The Morgan fingerprint density at radius 2 is 2.17 bits per heavy atom. The van der Waals surface area contributed by atoms with Crippen LogP contribution < -0.4 is 11.1 Å². The molecule has 1 aromatic carbocycles. The normalized spacial score (nSPS) is 30.3. The molecule has 24 heavy (non-hydrogen) atoms. The lowest BCUT2D eigenvalue weighted by Crippen LogP contribution is -2.65. The van der Waals surface area contributed by atoms with Crippen LogP contribution >= 0.6 is 24.0 Å². The monoisotopic (exact) mass is 441 g/mol. The first-order valence-corrected chi connectivity index (χ1v) is 8.92. The van der Waals surface area contributed by atoms with Crippen molar-refractivity contribution in [2.75, 3.05) is 11.9 Å². The van der Waals surface area contributed by atoms with Crippen LogP contribution in [0.3, 0.4) is 0 Å². The van der Waals surface area contributed by atoms with E-state index in [-0.39, 0.29) is 24.0 Å². The molecule has 3 fully saturated rings. The Balaban J connectivity index is 0.00000169. The first-order valence-electron chi connectivity index (χ1n) is 8.92. The van der Waals surface area contributed by atoms with Crippen LogP contribution in [-0.2, 0) is 4.74 Å². The van der Waals surface area contributed by atoms with E-state index in [0.717, 1.165) is 18.7 Å². The number of benzene rings is 1. The molecule has 0 aromatic heterocycles. The molecule has 4 rings (SSSR count). The summed E-state index contributed by atoms with van der Waals surface area (Å²) in [5.41, 5.74) is 8.86. The van der Waals surface area contributed by atoms with Crippen molar-refractivity contribution in [3.05, 3.63) is 29.8 Å². The molecule has 3 unspecified atom stereocenters. The van der Waals surface area contributed by atoms with Crippen molar-refractivity contribution in [3.63, 3.8) is 0 Å². The smallest absolute Gasteiger partial charge is 0.193 e. The van der Waals surface area contributed by atoms with Crippen molar-refractivity contribution < 1.29 is 4.74 Å². The van der Waals surface area contributed by atoms with Gasteiger partial charge in [0.25, 0.3) is 0 Å². The third-order valence-electron chi connectivity index (χ3n) is 6.09. The highest BCUT2D eigenvalue weighted by atomic mass is 127. The van der Waals surface area contributed by atoms with E-state index in [2.05, 4.69) is 43.4 Å². The minimum atomic E-state index is 0. The number of guanidine groups is 1. The molecule has 2 saturated carbocycles. The number of aliphatic imine (C=N–C) groups is 1.